The maximum absolute atomic E-state index is 13.9. The SMILES string of the molecule is COc1cc(C)ccc1C(Cc1cc(Br)ccc1F)NN. The Kier molecular flexibility index (Phi) is 5.33. The molecule has 0 amide bonds. The van der Waals surface area contributed by atoms with E-state index in [4.69, 9.17) is 10.6 Å². The van der Waals surface area contributed by atoms with Crippen LogP contribution in [-0.4, -0.2) is 7.11 Å². The first-order valence-electron chi connectivity index (χ1n) is 6.59. The Morgan fingerprint density at radius 3 is 2.71 bits per heavy atom. The fourth-order valence-corrected chi connectivity index (χ4v) is 2.69. The predicted molar refractivity (Wildman–Crippen MR) is 85.6 cm³/mol. The number of hydrazine groups is 1. The Morgan fingerprint density at radius 1 is 1.29 bits per heavy atom. The second-order valence-electron chi connectivity index (χ2n) is 4.90. The van der Waals surface area contributed by atoms with Gasteiger partial charge in [0.1, 0.15) is 11.6 Å². The maximum atomic E-state index is 13.9. The lowest BCUT2D eigenvalue weighted by atomic mass is 9.97. The van der Waals surface area contributed by atoms with Crippen molar-refractivity contribution in [3.8, 4) is 5.75 Å². The van der Waals surface area contributed by atoms with Crippen molar-refractivity contribution in [2.24, 2.45) is 5.84 Å². The third-order valence-corrected chi connectivity index (χ3v) is 3.89. The predicted octanol–water partition coefficient (Wildman–Crippen LogP) is 3.65. The average molecular weight is 353 g/mol. The fourth-order valence-electron chi connectivity index (χ4n) is 2.28. The van der Waals surface area contributed by atoms with Crippen LogP contribution in [0.5, 0.6) is 5.75 Å². The average Bonchev–Trinajstić information content (AvgIpc) is 2.48. The standard InChI is InChI=1S/C16H18BrFN2O/c1-10-3-5-13(16(7-10)21-2)15(20-19)9-11-8-12(17)4-6-14(11)18/h3-8,15,20H,9,19H2,1-2H3. The van der Waals surface area contributed by atoms with Crippen LogP contribution in [0.25, 0.3) is 0 Å². The molecule has 2 rings (SSSR count). The fraction of sp³-hybridized carbons (Fsp3) is 0.250. The molecule has 21 heavy (non-hydrogen) atoms. The van der Waals surface area contributed by atoms with Gasteiger partial charge >= 0.3 is 0 Å². The molecule has 0 radical (unpaired) electrons. The molecule has 0 aliphatic heterocycles. The highest BCUT2D eigenvalue weighted by atomic mass is 79.9. The summed E-state index contributed by atoms with van der Waals surface area (Å²) in [6.45, 7) is 1.99. The van der Waals surface area contributed by atoms with Crippen molar-refractivity contribution in [3.63, 3.8) is 0 Å². The summed E-state index contributed by atoms with van der Waals surface area (Å²) in [5.74, 6) is 6.16. The zero-order valence-corrected chi connectivity index (χ0v) is 13.6. The highest BCUT2D eigenvalue weighted by Gasteiger charge is 2.17. The largest absolute Gasteiger partial charge is 0.496 e. The minimum absolute atomic E-state index is 0.232. The molecule has 0 fully saturated rings. The maximum Gasteiger partial charge on any atom is 0.126 e. The number of hydrogen-bond acceptors (Lipinski definition) is 3. The smallest absolute Gasteiger partial charge is 0.126 e. The topological polar surface area (TPSA) is 47.3 Å². The number of methoxy groups -OCH3 is 1. The van der Waals surface area contributed by atoms with E-state index < -0.39 is 0 Å². The molecule has 0 saturated carbocycles. The number of rotatable bonds is 5. The molecule has 0 heterocycles. The number of nitrogens with two attached hydrogens (primary N) is 1. The highest BCUT2D eigenvalue weighted by molar-refractivity contribution is 9.10. The molecule has 0 aromatic heterocycles. The molecular weight excluding hydrogens is 335 g/mol. The second kappa shape index (κ2) is 7.02. The molecule has 3 nitrogen and oxygen atoms in total. The van der Waals surface area contributed by atoms with Gasteiger partial charge in [-0.05, 0) is 48.7 Å². The third kappa shape index (κ3) is 3.81. The Hall–Kier alpha value is -1.43. The summed E-state index contributed by atoms with van der Waals surface area (Å²) < 4.78 is 20.1. The van der Waals surface area contributed by atoms with Crippen LogP contribution in [0.2, 0.25) is 0 Å². The van der Waals surface area contributed by atoms with Crippen molar-refractivity contribution < 1.29 is 9.13 Å². The van der Waals surface area contributed by atoms with Crippen LogP contribution in [-0.2, 0) is 6.42 Å². The molecule has 0 aliphatic carbocycles. The summed E-state index contributed by atoms with van der Waals surface area (Å²) in [6, 6.07) is 10.5. The van der Waals surface area contributed by atoms with E-state index in [2.05, 4.69) is 21.4 Å². The van der Waals surface area contributed by atoms with Crippen molar-refractivity contribution >= 4 is 15.9 Å². The van der Waals surface area contributed by atoms with Crippen molar-refractivity contribution in [1.82, 2.24) is 5.43 Å². The molecule has 0 bridgehead atoms. The van der Waals surface area contributed by atoms with Crippen molar-refractivity contribution in [2.45, 2.75) is 19.4 Å². The summed E-state index contributed by atoms with van der Waals surface area (Å²) in [5.41, 5.74) is 5.34. The lowest BCUT2D eigenvalue weighted by Gasteiger charge is -2.20. The van der Waals surface area contributed by atoms with Gasteiger partial charge in [-0.25, -0.2) is 4.39 Å². The zero-order chi connectivity index (χ0) is 15.4. The van der Waals surface area contributed by atoms with Crippen LogP contribution in [0.1, 0.15) is 22.7 Å². The minimum Gasteiger partial charge on any atom is -0.496 e. The molecule has 1 unspecified atom stereocenters. The van der Waals surface area contributed by atoms with E-state index in [1.165, 1.54) is 6.07 Å². The van der Waals surface area contributed by atoms with Gasteiger partial charge in [-0.1, -0.05) is 28.1 Å². The van der Waals surface area contributed by atoms with Gasteiger partial charge in [-0.3, -0.25) is 11.3 Å². The van der Waals surface area contributed by atoms with Crippen LogP contribution in [0.15, 0.2) is 40.9 Å². The summed E-state index contributed by atoms with van der Waals surface area (Å²) in [4.78, 5) is 0. The molecule has 0 aliphatic rings. The summed E-state index contributed by atoms with van der Waals surface area (Å²) in [6.07, 6.45) is 0.432. The van der Waals surface area contributed by atoms with Gasteiger partial charge in [-0.15, -0.1) is 0 Å². The van der Waals surface area contributed by atoms with E-state index in [1.807, 2.05) is 25.1 Å². The summed E-state index contributed by atoms with van der Waals surface area (Å²) >= 11 is 3.36. The molecule has 1 atom stereocenters. The van der Waals surface area contributed by atoms with E-state index >= 15 is 0 Å². The van der Waals surface area contributed by atoms with Gasteiger partial charge in [0.2, 0.25) is 0 Å². The zero-order valence-electron chi connectivity index (χ0n) is 12.0. The number of halogens is 2. The van der Waals surface area contributed by atoms with Gasteiger partial charge in [0.05, 0.1) is 13.2 Å². The van der Waals surface area contributed by atoms with E-state index in [0.717, 1.165) is 21.3 Å². The quantitative estimate of drug-likeness (QED) is 0.637. The number of benzene rings is 2. The van der Waals surface area contributed by atoms with Crippen molar-refractivity contribution in [1.29, 1.82) is 0 Å². The first-order chi connectivity index (χ1) is 10.0. The molecule has 2 aromatic rings. The van der Waals surface area contributed by atoms with Gasteiger partial charge in [0, 0.05) is 10.0 Å². The summed E-state index contributed by atoms with van der Waals surface area (Å²) in [5, 5.41) is 0. The van der Waals surface area contributed by atoms with Gasteiger partial charge < -0.3 is 4.74 Å². The molecule has 112 valence electrons. The van der Waals surface area contributed by atoms with Crippen LogP contribution in [0.4, 0.5) is 4.39 Å². The Bertz CT molecular complexity index is 634. The first-order valence-corrected chi connectivity index (χ1v) is 7.39. The number of aryl methyl sites for hydroxylation is 1. The normalized spacial score (nSPS) is 12.2. The third-order valence-electron chi connectivity index (χ3n) is 3.40. The number of ether oxygens (including phenoxy) is 1. The monoisotopic (exact) mass is 352 g/mol. The molecule has 0 saturated heterocycles. The van der Waals surface area contributed by atoms with Crippen molar-refractivity contribution in [3.05, 3.63) is 63.4 Å². The van der Waals surface area contributed by atoms with Gasteiger partial charge in [-0.2, -0.15) is 0 Å². The highest BCUT2D eigenvalue weighted by Crippen LogP contribution is 2.29. The molecule has 0 spiro atoms. The lowest BCUT2D eigenvalue weighted by molar-refractivity contribution is 0.398. The second-order valence-corrected chi connectivity index (χ2v) is 5.82. The van der Waals surface area contributed by atoms with Crippen LogP contribution >= 0.6 is 15.9 Å². The number of hydrogen-bond donors (Lipinski definition) is 2. The van der Waals surface area contributed by atoms with E-state index in [9.17, 15) is 4.39 Å². The molecule has 3 N–H and O–H groups in total. The Labute approximate surface area is 132 Å². The van der Waals surface area contributed by atoms with Crippen LogP contribution in [0.3, 0.4) is 0 Å². The van der Waals surface area contributed by atoms with Crippen molar-refractivity contribution in [2.75, 3.05) is 7.11 Å². The first kappa shape index (κ1) is 15.9. The van der Waals surface area contributed by atoms with E-state index in [1.54, 1.807) is 19.2 Å². The van der Waals surface area contributed by atoms with Gasteiger partial charge in [0.25, 0.3) is 0 Å². The lowest BCUT2D eigenvalue weighted by Crippen LogP contribution is -2.30. The Morgan fingerprint density at radius 2 is 2.05 bits per heavy atom. The van der Waals surface area contributed by atoms with Crippen LogP contribution < -0.4 is 16.0 Å². The number of nitrogens with one attached hydrogen (secondary N) is 1. The minimum atomic E-state index is -0.246. The molecule has 5 heteroatoms. The Balaban J connectivity index is 2.34. The van der Waals surface area contributed by atoms with E-state index in [0.29, 0.717) is 12.0 Å². The van der Waals surface area contributed by atoms with Crippen LogP contribution in [0, 0.1) is 12.7 Å². The van der Waals surface area contributed by atoms with E-state index in [-0.39, 0.29) is 11.9 Å². The molecule has 2 aromatic carbocycles. The molecular formula is C16H18BrFN2O. The summed E-state index contributed by atoms with van der Waals surface area (Å²) in [7, 11) is 1.62. The van der Waals surface area contributed by atoms with Gasteiger partial charge in [0.15, 0.2) is 0 Å².